The number of aryl methyl sites for hydroxylation is 2. The third kappa shape index (κ3) is 18.3. The van der Waals surface area contributed by atoms with Crippen molar-refractivity contribution in [3.05, 3.63) is 75.8 Å². The maximum atomic E-state index is 11.9. The number of Topliss-reactive ketones (excluding diaryl/α,β-unsaturated/α-hetero) is 1. The van der Waals surface area contributed by atoms with Gasteiger partial charge in [0.2, 0.25) is 11.8 Å². The van der Waals surface area contributed by atoms with Gasteiger partial charge in [0.15, 0.2) is 0 Å². The number of ketones is 1. The van der Waals surface area contributed by atoms with E-state index in [2.05, 4.69) is 36.7 Å². The molecule has 208 valence electrons. The van der Waals surface area contributed by atoms with Crippen molar-refractivity contribution in [1.82, 2.24) is 10.8 Å². The summed E-state index contributed by atoms with van der Waals surface area (Å²) in [6, 6.07) is 16.7. The number of non-ortho nitro benzene ring substituents is 1. The van der Waals surface area contributed by atoms with Crippen molar-refractivity contribution in [2.45, 2.75) is 54.9 Å². The Balaban J connectivity index is 0. The molecule has 2 rings (SSSR count). The zero-order chi connectivity index (χ0) is 29.7. The number of hydrogen-bond acceptors (Lipinski definition) is 6. The van der Waals surface area contributed by atoms with Crippen LogP contribution >= 0.6 is 0 Å². The average Bonchev–Trinajstić information content (AvgIpc) is 2.86. The van der Waals surface area contributed by atoms with E-state index in [0.29, 0.717) is 6.42 Å². The Morgan fingerprint density at radius 3 is 1.79 bits per heavy atom. The fourth-order valence-corrected chi connectivity index (χ4v) is 2.87. The van der Waals surface area contributed by atoms with Crippen molar-refractivity contribution in [3.63, 3.8) is 0 Å². The van der Waals surface area contributed by atoms with Crippen LogP contribution in [0.3, 0.4) is 0 Å². The highest BCUT2D eigenvalue weighted by atomic mass is 16.6. The first-order chi connectivity index (χ1) is 17.8. The number of hydrogen-bond donors (Lipinski definition) is 3. The summed E-state index contributed by atoms with van der Waals surface area (Å²) in [6.45, 7) is 12.4. The number of nitrogens with one attached hydrogen (secondary N) is 2. The predicted octanol–water partition coefficient (Wildman–Crippen LogP) is 5.03. The van der Waals surface area contributed by atoms with Gasteiger partial charge in [0.25, 0.3) is 5.69 Å². The molecule has 0 aromatic heterocycles. The van der Waals surface area contributed by atoms with E-state index in [9.17, 15) is 24.5 Å². The van der Waals surface area contributed by atoms with E-state index in [1.54, 1.807) is 31.5 Å². The zero-order valence-electron chi connectivity index (χ0n) is 23.4. The molecule has 3 N–H and O–H groups in total. The molecule has 2 aromatic carbocycles. The Morgan fingerprint density at radius 1 is 0.974 bits per heavy atom. The Morgan fingerprint density at radius 2 is 1.45 bits per heavy atom. The van der Waals surface area contributed by atoms with Gasteiger partial charge >= 0.3 is 0 Å². The summed E-state index contributed by atoms with van der Waals surface area (Å²) in [7, 11) is 0. The van der Waals surface area contributed by atoms with E-state index in [4.69, 9.17) is 5.21 Å². The van der Waals surface area contributed by atoms with Gasteiger partial charge in [-0.25, -0.2) is 5.48 Å². The van der Waals surface area contributed by atoms with Gasteiger partial charge in [-0.1, -0.05) is 74.4 Å². The minimum absolute atomic E-state index is 0.0408. The van der Waals surface area contributed by atoms with Gasteiger partial charge in [-0.05, 0) is 40.0 Å². The van der Waals surface area contributed by atoms with Gasteiger partial charge in [0, 0.05) is 24.0 Å². The highest BCUT2D eigenvalue weighted by Crippen LogP contribution is 2.21. The molecule has 0 aliphatic heterocycles. The van der Waals surface area contributed by atoms with Crippen LogP contribution in [0.15, 0.2) is 54.6 Å². The van der Waals surface area contributed by atoms with Crippen molar-refractivity contribution in [2.75, 3.05) is 6.54 Å². The lowest BCUT2D eigenvalue weighted by atomic mass is 9.85. The maximum Gasteiger partial charge on any atom is 0.269 e. The minimum Gasteiger partial charge on any atom is -0.349 e. The van der Waals surface area contributed by atoms with Gasteiger partial charge in [0.05, 0.1) is 11.5 Å². The molecular weight excluding hydrogens is 486 g/mol. The molecule has 0 bridgehead atoms. The van der Waals surface area contributed by atoms with Crippen LogP contribution in [0.25, 0.3) is 0 Å². The number of benzene rings is 2. The number of hydroxylamine groups is 1. The quantitative estimate of drug-likeness (QED) is 0.190. The molecule has 9 heteroatoms. The predicted molar refractivity (Wildman–Crippen MR) is 149 cm³/mol. The Bertz CT molecular complexity index is 1010. The molecule has 0 heterocycles. The Hall–Kier alpha value is -4.03. The molecule has 0 fully saturated rings. The lowest BCUT2D eigenvalue weighted by Crippen LogP contribution is -2.42. The molecule has 0 aliphatic rings. The first kappa shape index (κ1) is 36.1. The fourth-order valence-electron chi connectivity index (χ4n) is 2.87. The molecule has 0 saturated heterocycles. The minimum atomic E-state index is -0.649. The van der Waals surface area contributed by atoms with Crippen LogP contribution in [-0.4, -0.2) is 34.3 Å². The van der Waals surface area contributed by atoms with Crippen LogP contribution in [0.5, 0.6) is 0 Å². The third-order valence-corrected chi connectivity index (χ3v) is 4.89. The molecule has 0 saturated carbocycles. The zero-order valence-corrected chi connectivity index (χ0v) is 23.4. The fraction of sp³-hybridized carbons (Fsp3) is 0.414. The van der Waals surface area contributed by atoms with Crippen LogP contribution in [0.1, 0.15) is 52.2 Å². The van der Waals surface area contributed by atoms with Crippen LogP contribution in [-0.2, 0) is 14.4 Å². The largest absolute Gasteiger partial charge is 0.349 e. The first-order valence-corrected chi connectivity index (χ1v) is 12.1. The van der Waals surface area contributed by atoms with E-state index in [-0.39, 0.29) is 29.8 Å². The van der Waals surface area contributed by atoms with E-state index in [0.717, 1.165) is 5.56 Å². The van der Waals surface area contributed by atoms with Gasteiger partial charge in [-0.3, -0.25) is 29.7 Å². The second-order valence-electron chi connectivity index (χ2n) is 8.96. The second kappa shape index (κ2) is 21.1. The number of terminal acetylenes is 1. The molecule has 2 atom stereocenters. The van der Waals surface area contributed by atoms with Crippen LogP contribution in [0.2, 0.25) is 0 Å². The van der Waals surface area contributed by atoms with Gasteiger partial charge in [0.1, 0.15) is 5.78 Å². The lowest BCUT2D eigenvalue weighted by Gasteiger charge is -2.23. The monoisotopic (exact) mass is 527 g/mol. The summed E-state index contributed by atoms with van der Waals surface area (Å²) < 4.78 is 0. The smallest absolute Gasteiger partial charge is 0.269 e. The van der Waals surface area contributed by atoms with E-state index in [1.807, 2.05) is 39.0 Å². The summed E-state index contributed by atoms with van der Waals surface area (Å²) in [5.74, 6) is 0.187. The van der Waals surface area contributed by atoms with Gasteiger partial charge in [-0.15, -0.1) is 12.3 Å². The summed E-state index contributed by atoms with van der Waals surface area (Å²) in [6.07, 6.45) is 5.11. The number of rotatable bonds is 8. The molecule has 2 amide bonds. The number of carbonyl (C=O) groups excluding carboxylic acids is 3. The standard InChI is InChI=1S/C12H22N2O4.C7H7NO2.C7H8.C3H4/c1-7(2)5-10(9(4)11(16)14-18)12(17)13-6-8(3)15;1-6-2-4-7(5-3-6)8(9)10;1-7-5-3-2-4-6-7;1-3-2/h7,9-10,18H,5-6H2,1-4H3,(H,13,17)(H,14,16);2-5H,1H3;2-6H,1H3;1H,2H3/t9-,10-;;;/m1.../s1. The van der Waals surface area contributed by atoms with Crippen molar-refractivity contribution < 1.29 is 24.5 Å². The SMILES string of the molecule is C#CC.CC(=O)CNC(=O)[C@H](CC(C)C)[C@@H](C)C(=O)NO.Cc1ccc([N+](=O)[O-])cc1.Cc1ccccc1. The van der Waals surface area contributed by atoms with Crippen LogP contribution < -0.4 is 10.8 Å². The molecular formula is C29H41N3O6. The summed E-state index contributed by atoms with van der Waals surface area (Å²) in [4.78, 5) is 43.8. The summed E-state index contributed by atoms with van der Waals surface area (Å²) >= 11 is 0. The van der Waals surface area contributed by atoms with Crippen molar-refractivity contribution >= 4 is 23.3 Å². The number of carbonyl (C=O) groups is 3. The molecule has 0 unspecified atom stereocenters. The van der Waals surface area contributed by atoms with E-state index in [1.165, 1.54) is 24.6 Å². The molecule has 9 nitrogen and oxygen atoms in total. The van der Waals surface area contributed by atoms with E-state index < -0.39 is 22.7 Å². The summed E-state index contributed by atoms with van der Waals surface area (Å²) in [5.41, 5.74) is 4.05. The molecule has 38 heavy (non-hydrogen) atoms. The van der Waals surface area contributed by atoms with Crippen molar-refractivity contribution in [2.24, 2.45) is 17.8 Å². The average molecular weight is 528 g/mol. The van der Waals surface area contributed by atoms with Crippen molar-refractivity contribution in [1.29, 1.82) is 0 Å². The normalized spacial score (nSPS) is 10.8. The highest BCUT2D eigenvalue weighted by molar-refractivity contribution is 5.89. The topological polar surface area (TPSA) is 139 Å². The molecule has 0 radical (unpaired) electrons. The molecule has 0 spiro atoms. The summed E-state index contributed by atoms with van der Waals surface area (Å²) in [5, 5.41) is 21.2. The lowest BCUT2D eigenvalue weighted by molar-refractivity contribution is -0.384. The third-order valence-electron chi connectivity index (χ3n) is 4.89. The van der Waals surface area contributed by atoms with E-state index >= 15 is 0 Å². The number of nitrogens with zero attached hydrogens (tertiary/aromatic N) is 1. The van der Waals surface area contributed by atoms with Crippen LogP contribution in [0, 0.1) is 54.1 Å². The van der Waals surface area contributed by atoms with Crippen LogP contribution in [0.4, 0.5) is 5.69 Å². The number of nitro benzene ring substituents is 1. The van der Waals surface area contributed by atoms with Crippen molar-refractivity contribution in [3.8, 4) is 12.3 Å². The van der Waals surface area contributed by atoms with Gasteiger partial charge < -0.3 is 5.32 Å². The number of amides is 2. The Kier molecular flexibility index (Phi) is 20.1. The maximum absolute atomic E-state index is 11.9. The second-order valence-corrected chi connectivity index (χ2v) is 8.96. The number of nitro groups is 1. The van der Waals surface area contributed by atoms with Gasteiger partial charge in [-0.2, -0.15) is 0 Å². The highest BCUT2D eigenvalue weighted by Gasteiger charge is 2.30. The Labute approximate surface area is 226 Å². The molecule has 0 aliphatic carbocycles. The first-order valence-electron chi connectivity index (χ1n) is 12.1. The molecule has 2 aromatic rings.